The van der Waals surface area contributed by atoms with Crippen molar-refractivity contribution in [2.75, 3.05) is 18.0 Å². The lowest BCUT2D eigenvalue weighted by Crippen LogP contribution is -2.44. The third-order valence-electron chi connectivity index (χ3n) is 6.19. The van der Waals surface area contributed by atoms with E-state index in [9.17, 15) is 26.7 Å². The molecule has 5 rings (SSSR count). The van der Waals surface area contributed by atoms with Crippen LogP contribution in [0.2, 0.25) is 0 Å². The Hall–Kier alpha value is -4.00. The normalized spacial score (nSPS) is 18.3. The number of hydrogen-bond acceptors (Lipinski definition) is 7. The average molecular weight is 532 g/mol. The Kier molecular flexibility index (Phi) is 6.33. The molecule has 0 amide bonds. The highest BCUT2D eigenvalue weighted by Crippen LogP contribution is 2.34. The smallest absolute Gasteiger partial charge is 0.367 e. The fourth-order valence-electron chi connectivity index (χ4n) is 4.46. The topological polar surface area (TPSA) is 86.0 Å². The Bertz CT molecular complexity index is 1610. The van der Waals surface area contributed by atoms with Crippen LogP contribution in [-0.4, -0.2) is 43.7 Å². The minimum Gasteiger partial charge on any atom is -0.367 e. The van der Waals surface area contributed by atoms with Crippen LogP contribution in [0.3, 0.4) is 0 Å². The SMILES string of the molecule is Cc1cc([C@@H]2CN(c3nc(-c4ccc(F)cc4F)c4nc(C(F)(F)F)n(C)c(=O)c4n3)C[C@H](C)O2)ccn1. The second-order valence-electron chi connectivity index (χ2n) is 9.06. The van der Waals surface area contributed by atoms with Crippen LogP contribution in [0.15, 0.2) is 41.3 Å². The van der Waals surface area contributed by atoms with Crippen LogP contribution in [0.1, 0.15) is 30.1 Å². The molecule has 1 aliphatic heterocycles. The van der Waals surface area contributed by atoms with Crippen molar-refractivity contribution < 1.29 is 26.7 Å². The van der Waals surface area contributed by atoms with Crippen molar-refractivity contribution >= 4 is 17.0 Å². The summed E-state index contributed by atoms with van der Waals surface area (Å²) < 4.78 is 75.9. The zero-order chi connectivity index (χ0) is 27.4. The molecule has 0 unspecified atom stereocenters. The molecule has 38 heavy (non-hydrogen) atoms. The number of alkyl halides is 3. The summed E-state index contributed by atoms with van der Waals surface area (Å²) in [6.45, 7) is 4.18. The van der Waals surface area contributed by atoms with E-state index in [1.165, 1.54) is 0 Å². The summed E-state index contributed by atoms with van der Waals surface area (Å²) in [6, 6.07) is 6.21. The van der Waals surface area contributed by atoms with E-state index in [1.54, 1.807) is 17.2 Å². The van der Waals surface area contributed by atoms with Gasteiger partial charge in [0.1, 0.15) is 28.9 Å². The van der Waals surface area contributed by atoms with Gasteiger partial charge in [-0.05, 0) is 43.7 Å². The van der Waals surface area contributed by atoms with Gasteiger partial charge in [-0.2, -0.15) is 13.2 Å². The maximum absolute atomic E-state index is 14.9. The molecule has 0 saturated carbocycles. The molecule has 13 heteroatoms. The van der Waals surface area contributed by atoms with Gasteiger partial charge in [-0.25, -0.2) is 23.7 Å². The summed E-state index contributed by atoms with van der Waals surface area (Å²) in [5.74, 6) is -3.49. The fourth-order valence-corrected chi connectivity index (χ4v) is 4.46. The molecule has 0 aliphatic carbocycles. The van der Waals surface area contributed by atoms with Crippen molar-refractivity contribution in [1.29, 1.82) is 0 Å². The number of rotatable bonds is 3. The van der Waals surface area contributed by atoms with Gasteiger partial charge in [0.25, 0.3) is 5.56 Å². The maximum Gasteiger partial charge on any atom is 0.449 e. The first-order valence-corrected chi connectivity index (χ1v) is 11.6. The van der Waals surface area contributed by atoms with Crippen LogP contribution in [-0.2, 0) is 18.0 Å². The molecule has 198 valence electrons. The molecule has 1 saturated heterocycles. The van der Waals surface area contributed by atoms with Crippen LogP contribution in [0.25, 0.3) is 22.3 Å². The fraction of sp³-hybridized carbons (Fsp3) is 0.320. The molecule has 2 atom stereocenters. The zero-order valence-corrected chi connectivity index (χ0v) is 20.4. The molecule has 0 radical (unpaired) electrons. The molecule has 0 bridgehead atoms. The quantitative estimate of drug-likeness (QED) is 0.363. The van der Waals surface area contributed by atoms with E-state index in [0.29, 0.717) is 10.6 Å². The Morgan fingerprint density at radius 2 is 1.79 bits per heavy atom. The number of pyridine rings is 1. The highest BCUT2D eigenvalue weighted by atomic mass is 19.4. The average Bonchev–Trinajstić information content (AvgIpc) is 2.84. The second kappa shape index (κ2) is 9.39. The van der Waals surface area contributed by atoms with Gasteiger partial charge in [0, 0.05) is 37.1 Å². The lowest BCUT2D eigenvalue weighted by molar-refractivity contribution is -0.147. The molecule has 0 spiro atoms. The van der Waals surface area contributed by atoms with E-state index in [1.807, 2.05) is 19.9 Å². The number of hydrogen-bond donors (Lipinski definition) is 0. The van der Waals surface area contributed by atoms with Gasteiger partial charge in [-0.3, -0.25) is 14.3 Å². The summed E-state index contributed by atoms with van der Waals surface area (Å²) in [5.41, 5.74) is -1.12. The van der Waals surface area contributed by atoms with Crippen LogP contribution < -0.4 is 10.5 Å². The maximum atomic E-state index is 14.9. The third kappa shape index (κ3) is 4.69. The minimum atomic E-state index is -4.98. The van der Waals surface area contributed by atoms with Crippen LogP contribution >= 0.6 is 0 Å². The Balaban J connectivity index is 1.72. The first-order valence-electron chi connectivity index (χ1n) is 11.6. The van der Waals surface area contributed by atoms with Crippen molar-refractivity contribution in [2.24, 2.45) is 7.05 Å². The van der Waals surface area contributed by atoms with Crippen LogP contribution in [0, 0.1) is 18.6 Å². The van der Waals surface area contributed by atoms with Crippen molar-refractivity contribution in [1.82, 2.24) is 24.5 Å². The number of benzene rings is 1. The van der Waals surface area contributed by atoms with Gasteiger partial charge in [0.2, 0.25) is 11.8 Å². The Morgan fingerprint density at radius 1 is 1.03 bits per heavy atom. The number of halogens is 5. The predicted octanol–water partition coefficient (Wildman–Crippen LogP) is 4.36. The minimum absolute atomic E-state index is 0.0270. The van der Waals surface area contributed by atoms with Gasteiger partial charge >= 0.3 is 6.18 Å². The van der Waals surface area contributed by atoms with Crippen LogP contribution in [0.5, 0.6) is 0 Å². The first kappa shape index (κ1) is 25.6. The lowest BCUT2D eigenvalue weighted by atomic mass is 10.1. The summed E-state index contributed by atoms with van der Waals surface area (Å²) in [5, 5.41) is 0. The highest BCUT2D eigenvalue weighted by Gasteiger charge is 2.38. The standard InChI is InChI=1S/C25H21F5N6O2/c1-12-8-14(6-7-31-12)18-11-36(10-13(2)38-18)24-33-19(16-5-4-15(26)9-17(16)27)20-21(34-24)22(37)35(3)23(32-20)25(28,29)30/h4-9,13,18H,10-11H2,1-3H3/t13-,18-/m0/s1. The third-order valence-corrected chi connectivity index (χ3v) is 6.19. The lowest BCUT2D eigenvalue weighted by Gasteiger charge is -2.37. The molecule has 0 N–H and O–H groups in total. The molecule has 4 aromatic rings. The van der Waals surface area contributed by atoms with Gasteiger partial charge in [0.05, 0.1) is 12.6 Å². The summed E-state index contributed by atoms with van der Waals surface area (Å²) in [6.07, 6.45) is -4.08. The first-order chi connectivity index (χ1) is 17.9. The molecule has 3 aromatic heterocycles. The summed E-state index contributed by atoms with van der Waals surface area (Å²) in [7, 11) is 0.927. The van der Waals surface area contributed by atoms with E-state index in [4.69, 9.17) is 4.74 Å². The summed E-state index contributed by atoms with van der Waals surface area (Å²) >= 11 is 0. The number of nitrogens with zero attached hydrogens (tertiary/aromatic N) is 6. The van der Waals surface area contributed by atoms with Crippen LogP contribution in [0.4, 0.5) is 27.9 Å². The number of morpholine rings is 1. The Morgan fingerprint density at radius 3 is 2.47 bits per heavy atom. The van der Waals surface area contributed by atoms with E-state index >= 15 is 0 Å². The zero-order valence-electron chi connectivity index (χ0n) is 20.4. The molecular formula is C25H21F5N6O2. The number of anilines is 1. The highest BCUT2D eigenvalue weighted by molar-refractivity contribution is 5.89. The van der Waals surface area contributed by atoms with Gasteiger partial charge in [-0.1, -0.05) is 0 Å². The van der Waals surface area contributed by atoms with E-state index in [2.05, 4.69) is 19.9 Å². The molecule has 1 aliphatic rings. The largest absolute Gasteiger partial charge is 0.449 e. The molecule has 1 aromatic carbocycles. The van der Waals surface area contributed by atoms with Crippen molar-refractivity contribution in [3.05, 3.63) is 75.6 Å². The Labute approximate surface area is 212 Å². The van der Waals surface area contributed by atoms with Crippen molar-refractivity contribution in [3.8, 4) is 11.3 Å². The van der Waals surface area contributed by atoms with Crippen molar-refractivity contribution in [3.63, 3.8) is 0 Å². The summed E-state index contributed by atoms with van der Waals surface area (Å²) in [4.78, 5) is 31.2. The second-order valence-corrected chi connectivity index (χ2v) is 9.06. The van der Waals surface area contributed by atoms with Gasteiger partial charge in [-0.15, -0.1) is 0 Å². The number of fused-ring (bicyclic) bond motifs is 1. The van der Waals surface area contributed by atoms with Gasteiger partial charge < -0.3 is 9.64 Å². The monoisotopic (exact) mass is 532 g/mol. The van der Waals surface area contributed by atoms with E-state index in [0.717, 1.165) is 30.4 Å². The van der Waals surface area contributed by atoms with E-state index in [-0.39, 0.29) is 36.4 Å². The molecule has 4 heterocycles. The predicted molar refractivity (Wildman–Crippen MR) is 127 cm³/mol. The molecular weight excluding hydrogens is 511 g/mol. The number of aromatic nitrogens is 5. The molecule has 8 nitrogen and oxygen atoms in total. The van der Waals surface area contributed by atoms with Crippen molar-refractivity contribution in [2.45, 2.75) is 32.2 Å². The van der Waals surface area contributed by atoms with E-state index < -0.39 is 46.3 Å². The number of ether oxygens (including phenoxy) is 1. The molecule has 1 fully saturated rings. The van der Waals surface area contributed by atoms with Gasteiger partial charge in [0.15, 0.2) is 5.52 Å². The number of aryl methyl sites for hydroxylation is 1.